The van der Waals surface area contributed by atoms with Gasteiger partial charge in [-0.25, -0.2) is 4.79 Å². The number of carboxylic acid groups (broad SMARTS) is 1. The molecule has 1 aromatic carbocycles. The van der Waals surface area contributed by atoms with E-state index in [9.17, 15) is 29.1 Å². The number of ether oxygens (including phenoxy) is 2. The van der Waals surface area contributed by atoms with Crippen molar-refractivity contribution in [1.82, 2.24) is 10.6 Å². The summed E-state index contributed by atoms with van der Waals surface area (Å²) >= 11 is 0. The first-order valence-corrected chi connectivity index (χ1v) is 10.4. The summed E-state index contributed by atoms with van der Waals surface area (Å²) in [6.45, 7) is 4.97. The van der Waals surface area contributed by atoms with Crippen LogP contribution >= 0.6 is 0 Å². The number of alkyl carbamates (subject to hydrolysis) is 1. The number of aliphatic carboxylic acids is 1. The third-order valence-electron chi connectivity index (χ3n) is 4.16. The predicted octanol–water partition coefficient (Wildman–Crippen LogP) is -0.0965. The third kappa shape index (κ3) is 12.1. The van der Waals surface area contributed by atoms with E-state index in [0.29, 0.717) is 5.56 Å². The SMILES string of the molecule is CC(C)(C)OC(=O)CC[C@H](NC(=O)OCc1ccccc1)C(=O)N[C@@H](CCC(N)=O)C(=O)[O-]. The number of nitrogens with two attached hydrogens (primary N) is 1. The second-order valence-corrected chi connectivity index (χ2v) is 8.27. The number of rotatable bonds is 12. The quantitative estimate of drug-likeness (QED) is 0.359. The van der Waals surface area contributed by atoms with E-state index < -0.39 is 47.5 Å². The van der Waals surface area contributed by atoms with Gasteiger partial charge in [0.2, 0.25) is 11.8 Å². The Morgan fingerprint density at radius 3 is 2.12 bits per heavy atom. The van der Waals surface area contributed by atoms with Gasteiger partial charge in [0, 0.05) is 12.8 Å². The molecule has 0 aliphatic rings. The first-order chi connectivity index (χ1) is 15.4. The number of primary amides is 1. The molecule has 182 valence electrons. The lowest BCUT2D eigenvalue weighted by molar-refractivity contribution is -0.308. The Hall–Kier alpha value is -3.63. The van der Waals surface area contributed by atoms with E-state index in [0.717, 1.165) is 0 Å². The Kier molecular flexibility index (Phi) is 10.8. The van der Waals surface area contributed by atoms with E-state index in [1.807, 2.05) is 0 Å². The maximum Gasteiger partial charge on any atom is 0.408 e. The van der Waals surface area contributed by atoms with Crippen LogP contribution in [0, 0.1) is 0 Å². The van der Waals surface area contributed by atoms with E-state index in [1.54, 1.807) is 51.1 Å². The topological polar surface area (TPSA) is 177 Å². The summed E-state index contributed by atoms with van der Waals surface area (Å²) in [6.07, 6.45) is -1.94. The highest BCUT2D eigenvalue weighted by Crippen LogP contribution is 2.11. The molecule has 33 heavy (non-hydrogen) atoms. The number of esters is 1. The maximum atomic E-state index is 12.7. The number of nitrogens with one attached hydrogen (secondary N) is 2. The van der Waals surface area contributed by atoms with Gasteiger partial charge in [-0.3, -0.25) is 14.4 Å². The zero-order chi connectivity index (χ0) is 25.0. The molecule has 0 radical (unpaired) electrons. The Morgan fingerprint density at radius 2 is 1.58 bits per heavy atom. The fourth-order valence-corrected chi connectivity index (χ4v) is 2.64. The molecule has 4 N–H and O–H groups in total. The zero-order valence-corrected chi connectivity index (χ0v) is 18.9. The Bertz CT molecular complexity index is 836. The Balaban J connectivity index is 2.82. The van der Waals surface area contributed by atoms with Gasteiger partial charge in [-0.2, -0.15) is 0 Å². The van der Waals surface area contributed by atoms with Gasteiger partial charge >= 0.3 is 12.1 Å². The van der Waals surface area contributed by atoms with Gasteiger partial charge in [0.05, 0.1) is 12.0 Å². The van der Waals surface area contributed by atoms with Crippen molar-refractivity contribution in [3.63, 3.8) is 0 Å². The van der Waals surface area contributed by atoms with Crippen molar-refractivity contribution in [3.8, 4) is 0 Å². The third-order valence-corrected chi connectivity index (χ3v) is 4.16. The molecule has 1 rings (SSSR count). The van der Waals surface area contributed by atoms with E-state index in [4.69, 9.17) is 15.2 Å². The summed E-state index contributed by atoms with van der Waals surface area (Å²) in [5.41, 5.74) is 4.99. The van der Waals surface area contributed by atoms with Crippen molar-refractivity contribution in [3.05, 3.63) is 35.9 Å². The molecule has 11 heteroatoms. The van der Waals surface area contributed by atoms with E-state index in [1.165, 1.54) is 0 Å². The van der Waals surface area contributed by atoms with E-state index in [-0.39, 0.29) is 32.3 Å². The average molecular weight is 464 g/mol. The monoisotopic (exact) mass is 464 g/mol. The molecule has 0 aliphatic carbocycles. The Morgan fingerprint density at radius 1 is 0.970 bits per heavy atom. The minimum Gasteiger partial charge on any atom is -0.548 e. The summed E-state index contributed by atoms with van der Waals surface area (Å²) in [6, 6.07) is 5.98. The number of amides is 3. The highest BCUT2D eigenvalue weighted by molar-refractivity contribution is 5.89. The van der Waals surface area contributed by atoms with Crippen LogP contribution in [0.4, 0.5) is 4.79 Å². The van der Waals surface area contributed by atoms with Gasteiger partial charge in [0.25, 0.3) is 0 Å². The molecule has 0 heterocycles. The van der Waals surface area contributed by atoms with Crippen molar-refractivity contribution in [1.29, 1.82) is 0 Å². The highest BCUT2D eigenvalue weighted by atomic mass is 16.6. The van der Waals surface area contributed by atoms with Crippen LogP contribution in [0.25, 0.3) is 0 Å². The van der Waals surface area contributed by atoms with Gasteiger partial charge in [-0.15, -0.1) is 0 Å². The van der Waals surface area contributed by atoms with Crippen molar-refractivity contribution in [2.75, 3.05) is 0 Å². The van der Waals surface area contributed by atoms with Crippen LogP contribution in [-0.2, 0) is 35.3 Å². The van der Waals surface area contributed by atoms with Crippen molar-refractivity contribution < 1.29 is 38.6 Å². The first kappa shape index (κ1) is 27.4. The largest absolute Gasteiger partial charge is 0.548 e. The molecule has 2 atom stereocenters. The normalized spacial score (nSPS) is 12.7. The van der Waals surface area contributed by atoms with Crippen LogP contribution < -0.4 is 21.5 Å². The zero-order valence-electron chi connectivity index (χ0n) is 18.9. The van der Waals surface area contributed by atoms with Gasteiger partial charge in [-0.05, 0) is 39.2 Å². The molecule has 0 fully saturated rings. The minimum absolute atomic E-state index is 0.0621. The first-order valence-electron chi connectivity index (χ1n) is 10.4. The lowest BCUT2D eigenvalue weighted by Crippen LogP contribution is -2.54. The molecule has 0 aromatic heterocycles. The standard InChI is InChI=1S/C22H31N3O8/c1-22(2,3)33-18(27)12-10-15(19(28)24-16(20(29)30)9-11-17(23)26)25-21(31)32-13-14-7-5-4-6-8-14/h4-8,15-16H,9-13H2,1-3H3,(H2,23,26)(H,24,28)(H,25,31)(H,29,30)/p-1/t15-,16-/m0/s1. The molecule has 3 amide bonds. The number of hydrogen-bond acceptors (Lipinski definition) is 8. The van der Waals surface area contributed by atoms with Crippen molar-refractivity contribution >= 4 is 29.8 Å². The van der Waals surface area contributed by atoms with Crippen molar-refractivity contribution in [2.24, 2.45) is 5.73 Å². The lowest BCUT2D eigenvalue weighted by atomic mass is 10.1. The molecule has 0 saturated heterocycles. The van der Waals surface area contributed by atoms with Crippen LogP contribution in [0.3, 0.4) is 0 Å². The van der Waals surface area contributed by atoms with E-state index >= 15 is 0 Å². The summed E-state index contributed by atoms with van der Waals surface area (Å²) in [7, 11) is 0. The average Bonchev–Trinajstić information content (AvgIpc) is 2.71. The van der Waals surface area contributed by atoms with Gasteiger partial charge in [0.15, 0.2) is 0 Å². The second-order valence-electron chi connectivity index (χ2n) is 8.27. The van der Waals surface area contributed by atoms with E-state index in [2.05, 4.69) is 10.6 Å². The molecule has 0 aliphatic heterocycles. The number of carbonyl (C=O) groups is 5. The molecule has 0 unspecified atom stereocenters. The number of carboxylic acids is 1. The summed E-state index contributed by atoms with van der Waals surface area (Å²) in [5, 5.41) is 15.8. The molecule has 0 bridgehead atoms. The maximum absolute atomic E-state index is 12.7. The summed E-state index contributed by atoms with van der Waals surface area (Å²) in [5.74, 6) is -3.87. The highest BCUT2D eigenvalue weighted by Gasteiger charge is 2.26. The fourth-order valence-electron chi connectivity index (χ4n) is 2.64. The summed E-state index contributed by atoms with van der Waals surface area (Å²) < 4.78 is 10.3. The number of carbonyl (C=O) groups excluding carboxylic acids is 5. The second kappa shape index (κ2) is 13.0. The summed E-state index contributed by atoms with van der Waals surface area (Å²) in [4.78, 5) is 59.2. The van der Waals surface area contributed by atoms with Crippen LogP contribution in [-0.4, -0.2) is 47.5 Å². The lowest BCUT2D eigenvalue weighted by Gasteiger charge is -2.24. The molecule has 1 aromatic rings. The smallest absolute Gasteiger partial charge is 0.408 e. The molecule has 11 nitrogen and oxygen atoms in total. The van der Waals surface area contributed by atoms with Gasteiger partial charge < -0.3 is 35.7 Å². The molecular formula is C22H30N3O8-. The van der Waals surface area contributed by atoms with Crippen LogP contribution in [0.1, 0.15) is 52.0 Å². The van der Waals surface area contributed by atoms with Gasteiger partial charge in [-0.1, -0.05) is 30.3 Å². The van der Waals surface area contributed by atoms with Crippen LogP contribution in [0.15, 0.2) is 30.3 Å². The van der Waals surface area contributed by atoms with Crippen molar-refractivity contribution in [2.45, 2.75) is 70.7 Å². The number of hydrogen-bond donors (Lipinski definition) is 3. The fraction of sp³-hybridized carbons (Fsp3) is 0.500. The van der Waals surface area contributed by atoms with Gasteiger partial charge in [0.1, 0.15) is 18.2 Å². The number of benzene rings is 1. The molecular weight excluding hydrogens is 434 g/mol. The molecule has 0 spiro atoms. The minimum atomic E-state index is -1.62. The Labute approximate surface area is 192 Å². The predicted molar refractivity (Wildman–Crippen MR) is 114 cm³/mol. The van der Waals surface area contributed by atoms with Crippen LogP contribution in [0.5, 0.6) is 0 Å². The molecule has 0 saturated carbocycles. The van der Waals surface area contributed by atoms with Crippen LogP contribution in [0.2, 0.25) is 0 Å².